The molecule has 2 heteroatoms. The number of hydrogen-bond acceptors (Lipinski definition) is 0. The molecule has 0 aliphatic rings. The average Bonchev–Trinajstić information content (AvgIpc) is 3.42. The van der Waals surface area contributed by atoms with Gasteiger partial charge in [-0.3, -0.25) is 0 Å². The molecular formula is C42H83N2+. The first kappa shape index (κ1) is 41.2. The molecule has 0 saturated heterocycles. The minimum atomic E-state index is 1.23. The van der Waals surface area contributed by atoms with Gasteiger partial charge in [-0.05, 0) is 32.1 Å². The lowest BCUT2D eigenvalue weighted by Crippen LogP contribution is -2.37. The first-order valence-corrected chi connectivity index (χ1v) is 20.9. The molecular weight excluding hydrogens is 532 g/mol. The summed E-state index contributed by atoms with van der Waals surface area (Å²) in [5, 5.41) is 0. The normalized spacial score (nSPS) is 11.6. The molecule has 0 bridgehead atoms. The van der Waals surface area contributed by atoms with Crippen LogP contribution in [0.4, 0.5) is 0 Å². The Hall–Kier alpha value is -0.790. The predicted molar refractivity (Wildman–Crippen MR) is 198 cm³/mol. The van der Waals surface area contributed by atoms with E-state index in [1.165, 1.54) is 231 Å². The Morgan fingerprint density at radius 1 is 0.386 bits per heavy atom. The van der Waals surface area contributed by atoms with Gasteiger partial charge in [0.25, 0.3) is 5.82 Å². The molecule has 1 rings (SSSR count). The molecule has 0 saturated carbocycles. The van der Waals surface area contributed by atoms with Crippen LogP contribution in [-0.4, -0.2) is 4.57 Å². The zero-order valence-electron chi connectivity index (χ0n) is 31.0. The molecule has 0 spiro atoms. The summed E-state index contributed by atoms with van der Waals surface area (Å²) >= 11 is 0. The second-order valence-electron chi connectivity index (χ2n) is 14.5. The molecule has 2 nitrogen and oxygen atoms in total. The summed E-state index contributed by atoms with van der Waals surface area (Å²) in [4.78, 5) is 0. The number of aromatic nitrogens is 2. The summed E-state index contributed by atoms with van der Waals surface area (Å²) < 4.78 is 5.28. The van der Waals surface area contributed by atoms with Gasteiger partial charge in [0.15, 0.2) is 0 Å². The van der Waals surface area contributed by atoms with E-state index in [1.807, 2.05) is 0 Å². The van der Waals surface area contributed by atoms with Gasteiger partial charge in [0.1, 0.15) is 12.4 Å². The second-order valence-corrected chi connectivity index (χ2v) is 14.5. The van der Waals surface area contributed by atoms with E-state index in [0.29, 0.717) is 0 Å². The molecule has 0 unspecified atom stereocenters. The lowest BCUT2D eigenvalue weighted by Gasteiger charge is -2.07. The molecule has 0 radical (unpaired) electrons. The Morgan fingerprint density at radius 2 is 0.705 bits per heavy atom. The molecule has 0 atom stereocenters. The van der Waals surface area contributed by atoms with Gasteiger partial charge in [0, 0.05) is 6.42 Å². The van der Waals surface area contributed by atoms with Crippen molar-refractivity contribution in [2.24, 2.45) is 0 Å². The fraction of sp³-hybridized carbons (Fsp3) is 0.929. The third kappa shape index (κ3) is 25.4. The van der Waals surface area contributed by atoms with Crippen molar-refractivity contribution in [3.05, 3.63) is 18.2 Å². The van der Waals surface area contributed by atoms with Crippen LogP contribution in [0.2, 0.25) is 0 Å². The van der Waals surface area contributed by atoms with Crippen molar-refractivity contribution in [1.82, 2.24) is 4.57 Å². The summed E-state index contributed by atoms with van der Waals surface area (Å²) in [5.74, 6) is 1.62. The molecule has 1 heterocycles. The summed E-state index contributed by atoms with van der Waals surface area (Å²) in [6.07, 6.45) is 53.4. The van der Waals surface area contributed by atoms with Crippen molar-refractivity contribution < 1.29 is 4.57 Å². The first-order valence-electron chi connectivity index (χ1n) is 20.9. The maximum atomic E-state index is 2.64. The summed E-state index contributed by atoms with van der Waals surface area (Å²) in [6.45, 7) is 9.41. The molecule has 0 N–H and O–H groups in total. The lowest BCUT2D eigenvalue weighted by atomic mass is 10.0. The van der Waals surface area contributed by atoms with Crippen LogP contribution < -0.4 is 4.57 Å². The SMILES string of the molecule is CCCCCCCCCCCCCCC[n+]1ccn(CCCCCCCCCCCC)c1CCCCCCCCCCCC. The maximum absolute atomic E-state index is 2.64. The fourth-order valence-corrected chi connectivity index (χ4v) is 7.03. The van der Waals surface area contributed by atoms with Crippen molar-refractivity contribution in [3.8, 4) is 0 Å². The van der Waals surface area contributed by atoms with E-state index in [9.17, 15) is 0 Å². The molecule has 0 amide bonds. The fourth-order valence-electron chi connectivity index (χ4n) is 7.03. The van der Waals surface area contributed by atoms with Gasteiger partial charge in [-0.2, -0.15) is 0 Å². The largest absolute Gasteiger partial charge is 0.256 e. The predicted octanol–water partition coefficient (Wildman–Crippen LogP) is 14.3. The number of nitrogens with zero attached hydrogens (tertiary/aromatic N) is 2. The molecule has 44 heavy (non-hydrogen) atoms. The van der Waals surface area contributed by atoms with Crippen LogP contribution in [0.5, 0.6) is 0 Å². The molecule has 0 aromatic carbocycles. The highest BCUT2D eigenvalue weighted by Gasteiger charge is 2.16. The third-order valence-electron chi connectivity index (χ3n) is 10.1. The zero-order chi connectivity index (χ0) is 31.6. The Kier molecular flexibility index (Phi) is 31.5. The van der Waals surface area contributed by atoms with Gasteiger partial charge >= 0.3 is 0 Å². The Morgan fingerprint density at radius 3 is 1.09 bits per heavy atom. The summed E-state index contributed by atoms with van der Waals surface area (Å²) in [7, 11) is 0. The van der Waals surface area contributed by atoms with E-state index < -0.39 is 0 Å². The van der Waals surface area contributed by atoms with E-state index in [1.54, 1.807) is 5.82 Å². The monoisotopic (exact) mass is 616 g/mol. The maximum Gasteiger partial charge on any atom is 0.256 e. The van der Waals surface area contributed by atoms with Crippen LogP contribution in [0, 0.1) is 0 Å². The van der Waals surface area contributed by atoms with Crippen LogP contribution in [0.3, 0.4) is 0 Å². The molecule has 260 valence electrons. The van der Waals surface area contributed by atoms with Crippen LogP contribution in [0.15, 0.2) is 12.4 Å². The number of rotatable bonds is 36. The van der Waals surface area contributed by atoms with Crippen LogP contribution in [0.1, 0.15) is 238 Å². The minimum absolute atomic E-state index is 1.23. The highest BCUT2D eigenvalue weighted by molar-refractivity contribution is 4.84. The number of imidazole rings is 1. The van der Waals surface area contributed by atoms with Crippen molar-refractivity contribution in [2.75, 3.05) is 0 Å². The van der Waals surface area contributed by atoms with E-state index in [2.05, 4.69) is 42.3 Å². The number of hydrogen-bond donors (Lipinski definition) is 0. The lowest BCUT2D eigenvalue weighted by molar-refractivity contribution is -0.704. The Labute approximate surface area is 279 Å². The van der Waals surface area contributed by atoms with Crippen molar-refractivity contribution >= 4 is 0 Å². The second kappa shape index (κ2) is 33.6. The highest BCUT2D eigenvalue weighted by atomic mass is 15.1. The van der Waals surface area contributed by atoms with Crippen LogP contribution >= 0.6 is 0 Å². The van der Waals surface area contributed by atoms with E-state index in [-0.39, 0.29) is 0 Å². The molecule has 1 aromatic heterocycles. The highest BCUT2D eigenvalue weighted by Crippen LogP contribution is 2.15. The smallest absolute Gasteiger partial charge is 0.234 e. The van der Waals surface area contributed by atoms with E-state index in [4.69, 9.17) is 0 Å². The van der Waals surface area contributed by atoms with Crippen molar-refractivity contribution in [2.45, 2.75) is 252 Å². The molecule has 0 fully saturated rings. The molecule has 0 aliphatic carbocycles. The van der Waals surface area contributed by atoms with Gasteiger partial charge in [-0.15, -0.1) is 0 Å². The van der Waals surface area contributed by atoms with Gasteiger partial charge in [-0.25, -0.2) is 9.13 Å². The van der Waals surface area contributed by atoms with Crippen LogP contribution in [-0.2, 0) is 19.5 Å². The van der Waals surface area contributed by atoms with Crippen LogP contribution in [0.25, 0.3) is 0 Å². The summed E-state index contributed by atoms with van der Waals surface area (Å²) in [5.41, 5.74) is 0. The quantitative estimate of drug-likeness (QED) is 0.0524. The van der Waals surface area contributed by atoms with Gasteiger partial charge in [-0.1, -0.05) is 201 Å². The van der Waals surface area contributed by atoms with Crippen molar-refractivity contribution in [3.63, 3.8) is 0 Å². The number of unbranched alkanes of at least 4 members (excludes halogenated alkanes) is 30. The van der Waals surface area contributed by atoms with E-state index >= 15 is 0 Å². The Bertz CT molecular complexity index is 677. The topological polar surface area (TPSA) is 8.81 Å². The standard InChI is InChI=1S/C42H83N2/c1-4-7-10-13-16-19-22-23-24-27-30-33-36-39-44-41-40-43(38-35-32-29-26-21-18-15-12-9-6-3)42(44)37-34-31-28-25-20-17-14-11-8-5-2/h40-41H,4-39H2,1-3H3/q+1. The summed E-state index contributed by atoms with van der Waals surface area (Å²) in [6, 6.07) is 0. The van der Waals surface area contributed by atoms with Crippen molar-refractivity contribution in [1.29, 1.82) is 0 Å². The van der Waals surface area contributed by atoms with Gasteiger partial charge in [0.2, 0.25) is 0 Å². The zero-order valence-corrected chi connectivity index (χ0v) is 31.0. The minimum Gasteiger partial charge on any atom is -0.234 e. The number of aryl methyl sites for hydroxylation is 2. The first-order chi connectivity index (χ1) is 21.8. The Balaban J connectivity index is 2.29. The average molecular weight is 616 g/mol. The third-order valence-corrected chi connectivity index (χ3v) is 10.1. The van der Waals surface area contributed by atoms with E-state index in [0.717, 1.165) is 0 Å². The van der Waals surface area contributed by atoms with Gasteiger partial charge in [0.05, 0.1) is 13.1 Å². The molecule has 1 aromatic rings. The van der Waals surface area contributed by atoms with Gasteiger partial charge < -0.3 is 0 Å². The molecule has 0 aliphatic heterocycles.